The summed E-state index contributed by atoms with van der Waals surface area (Å²) >= 11 is 26.1. The number of nitrogens with two attached hydrogens (primary N) is 2. The van der Waals surface area contributed by atoms with Crippen molar-refractivity contribution in [3.8, 4) is 0 Å². The minimum absolute atomic E-state index is 0.0139. The highest BCUT2D eigenvalue weighted by Gasteiger charge is 2.30. The van der Waals surface area contributed by atoms with Crippen molar-refractivity contribution in [2.75, 3.05) is 0 Å². The lowest BCUT2D eigenvalue weighted by Crippen LogP contribution is -2.25. The van der Waals surface area contributed by atoms with Crippen LogP contribution >= 0.6 is 128 Å². The lowest BCUT2D eigenvalue weighted by atomic mass is 9.91. The summed E-state index contributed by atoms with van der Waals surface area (Å²) in [6.07, 6.45) is 0.269. The zero-order valence-electron chi connectivity index (χ0n) is 16.2. The Morgan fingerprint density at radius 2 is 0.824 bits per heavy atom. The monoisotopic (exact) mass is 977 g/mol. The van der Waals surface area contributed by atoms with E-state index in [9.17, 15) is 19.2 Å². The Morgan fingerprint density at radius 3 is 1.06 bits per heavy atom. The van der Waals surface area contributed by atoms with Gasteiger partial charge in [-0.15, -0.1) is 0 Å². The van der Waals surface area contributed by atoms with Gasteiger partial charge in [-0.1, -0.05) is 0 Å². The third-order valence-electron chi connectivity index (χ3n) is 4.59. The average molecular weight is 986 g/mol. The second-order valence-corrected chi connectivity index (χ2v) is 12.0. The molecule has 2 aromatic rings. The molecule has 2 aromatic carbocycles. The molecule has 0 spiro atoms. The first kappa shape index (κ1) is 30.4. The topological polar surface area (TPSA) is 144 Å². The fraction of sp³-hybridized carbons (Fsp3) is 0.111. The highest BCUT2D eigenvalue weighted by Crippen LogP contribution is 2.43. The molecular weight excluding hydrogens is 975 g/mol. The quantitative estimate of drug-likeness (QED) is 0.190. The van der Waals surface area contributed by atoms with Crippen molar-refractivity contribution in [3.05, 3.63) is 60.2 Å². The zero-order chi connectivity index (χ0) is 26.1. The van der Waals surface area contributed by atoms with Gasteiger partial charge in [0.2, 0.25) is 11.8 Å². The molecule has 0 fully saturated rings. The van der Waals surface area contributed by atoms with E-state index < -0.39 is 23.6 Å². The summed E-state index contributed by atoms with van der Waals surface area (Å²) in [5.74, 6) is -2.87. The maximum atomic E-state index is 12.5. The van der Waals surface area contributed by atoms with Gasteiger partial charge in [0.1, 0.15) is 0 Å². The summed E-state index contributed by atoms with van der Waals surface area (Å²) in [5.41, 5.74) is 12.1. The van der Waals surface area contributed by atoms with Gasteiger partial charge in [0.05, 0.1) is 22.3 Å². The van der Waals surface area contributed by atoms with Gasteiger partial charge in [0.25, 0.3) is 11.8 Å². The number of halogens is 8. The van der Waals surface area contributed by atoms with E-state index in [1.54, 1.807) is 0 Å². The van der Waals surface area contributed by atoms with Crippen LogP contribution in [0.15, 0.2) is 26.8 Å². The van der Waals surface area contributed by atoms with Crippen molar-refractivity contribution >= 4 is 152 Å². The van der Waals surface area contributed by atoms with Gasteiger partial charge >= 0.3 is 0 Å². The number of amides is 4. The molecule has 0 aromatic heterocycles. The summed E-state index contributed by atoms with van der Waals surface area (Å²) in [4.78, 5) is 49.9. The van der Waals surface area contributed by atoms with Crippen molar-refractivity contribution < 1.29 is 19.2 Å². The van der Waals surface area contributed by atoms with Crippen molar-refractivity contribution in [1.82, 2.24) is 8.69 Å². The summed E-state index contributed by atoms with van der Waals surface area (Å²) < 4.78 is 7.16. The van der Waals surface area contributed by atoms with E-state index >= 15 is 0 Å². The second kappa shape index (κ2) is 12.6. The van der Waals surface area contributed by atoms with Gasteiger partial charge in [0, 0.05) is 59.1 Å². The van der Waals surface area contributed by atoms with Gasteiger partial charge in [-0.05, 0) is 120 Å². The molecular formula is C18H10Br8N4O4. The molecule has 34 heavy (non-hydrogen) atoms. The normalized spacial score (nSPS) is 10.7. The molecule has 0 heterocycles. The number of hydrogen-bond acceptors (Lipinski definition) is 4. The van der Waals surface area contributed by atoms with Crippen LogP contribution in [0.3, 0.4) is 0 Å². The molecule has 0 unspecified atom stereocenters. The first-order valence-corrected chi connectivity index (χ1v) is 15.0. The fourth-order valence-corrected chi connectivity index (χ4v) is 7.35. The van der Waals surface area contributed by atoms with Gasteiger partial charge in [-0.2, -0.15) is 0 Å². The Morgan fingerprint density at radius 1 is 0.529 bits per heavy atom. The van der Waals surface area contributed by atoms with Gasteiger partial charge in [-0.3, -0.25) is 27.9 Å². The van der Waals surface area contributed by atoms with E-state index in [0.29, 0.717) is 38.0 Å². The van der Waals surface area contributed by atoms with E-state index in [1.165, 1.54) is 0 Å². The van der Waals surface area contributed by atoms with Gasteiger partial charge in [0.15, 0.2) is 0 Å². The Bertz CT molecular complexity index is 1160. The Labute approximate surface area is 260 Å². The molecule has 0 bridgehead atoms. The van der Waals surface area contributed by atoms with Crippen LogP contribution < -0.4 is 20.2 Å². The number of hydrogen-bond donors (Lipinski definition) is 4. The largest absolute Gasteiger partial charge is 0.366 e. The SMILES string of the molecule is NC(=O)c1c(CCc2c(Br)c(Br)c(Br)c(C(=O)NBr)c2C(N)=O)c(Br)c(Br)c(Br)c1C(=O)NBr. The first-order chi connectivity index (χ1) is 15.8. The van der Waals surface area contributed by atoms with Crippen LogP contribution in [-0.2, 0) is 12.8 Å². The minimum atomic E-state index is -0.833. The van der Waals surface area contributed by atoms with Crippen LogP contribution in [-0.4, -0.2) is 23.6 Å². The number of benzene rings is 2. The van der Waals surface area contributed by atoms with E-state index in [2.05, 4.69) is 137 Å². The molecule has 0 saturated heterocycles. The number of primary amides is 2. The molecule has 0 atom stereocenters. The predicted octanol–water partition coefficient (Wildman–Crippen LogP) is 6.32. The molecule has 0 saturated carbocycles. The average Bonchev–Trinajstić information content (AvgIpc) is 2.79. The van der Waals surface area contributed by atoms with Crippen LogP contribution in [0.2, 0.25) is 0 Å². The molecule has 4 amide bonds. The lowest BCUT2D eigenvalue weighted by Gasteiger charge is -2.20. The molecule has 182 valence electrons. The summed E-state index contributed by atoms with van der Waals surface area (Å²) in [6, 6.07) is 0. The highest BCUT2D eigenvalue weighted by atomic mass is 79.9. The molecule has 16 heteroatoms. The van der Waals surface area contributed by atoms with Crippen LogP contribution in [0, 0.1) is 0 Å². The van der Waals surface area contributed by atoms with Crippen molar-refractivity contribution in [2.45, 2.75) is 12.8 Å². The Kier molecular flexibility index (Phi) is 11.3. The molecule has 0 aliphatic rings. The second-order valence-electron chi connectivity index (χ2n) is 6.42. The summed E-state index contributed by atoms with van der Waals surface area (Å²) in [6.45, 7) is 0. The van der Waals surface area contributed by atoms with Crippen molar-refractivity contribution in [2.24, 2.45) is 11.5 Å². The maximum absolute atomic E-state index is 12.5. The van der Waals surface area contributed by atoms with Gasteiger partial charge in [-0.25, -0.2) is 0 Å². The minimum Gasteiger partial charge on any atom is -0.366 e. The number of carbonyl (C=O) groups is 4. The number of carbonyl (C=O) groups excluding carboxylic acids is 4. The van der Waals surface area contributed by atoms with Crippen LogP contribution in [0.4, 0.5) is 0 Å². The molecule has 0 aliphatic heterocycles. The van der Waals surface area contributed by atoms with E-state index in [4.69, 9.17) is 11.5 Å². The third kappa shape index (κ3) is 5.83. The molecule has 0 radical (unpaired) electrons. The standard InChI is InChI=1S/C18H10Br8N4O4/c19-9-3(5(15(27)31)7(17(33)29-25)11(21)13(9)23)1-2-4-6(16(28)32)8(18(34)30-26)12(22)14(24)10(4)20/h1-2H2,(H2,27,31)(H2,28,32)(H,29,33)(H,30,34). The molecule has 6 N–H and O–H groups in total. The van der Waals surface area contributed by atoms with Crippen LogP contribution in [0.5, 0.6) is 0 Å². The van der Waals surface area contributed by atoms with E-state index in [-0.39, 0.29) is 35.1 Å². The Balaban J connectivity index is 2.82. The molecule has 8 nitrogen and oxygen atoms in total. The fourth-order valence-electron chi connectivity index (χ4n) is 3.20. The first-order valence-electron chi connectivity index (χ1n) is 8.61. The van der Waals surface area contributed by atoms with Crippen LogP contribution in [0.25, 0.3) is 0 Å². The van der Waals surface area contributed by atoms with E-state index in [1.807, 2.05) is 0 Å². The van der Waals surface area contributed by atoms with Crippen molar-refractivity contribution in [1.29, 1.82) is 0 Å². The third-order valence-corrected chi connectivity index (χ3v) is 12.4. The predicted molar refractivity (Wildman–Crippen MR) is 156 cm³/mol. The maximum Gasteiger partial charge on any atom is 0.263 e. The lowest BCUT2D eigenvalue weighted by molar-refractivity contribution is 0.0957. The molecule has 2 rings (SSSR count). The van der Waals surface area contributed by atoms with Gasteiger partial charge < -0.3 is 11.5 Å². The highest BCUT2D eigenvalue weighted by molar-refractivity contribution is 9.15. The smallest absolute Gasteiger partial charge is 0.263 e. The summed E-state index contributed by atoms with van der Waals surface area (Å²) in [5, 5.41) is 0. The number of nitrogens with one attached hydrogen (secondary N) is 2. The zero-order valence-corrected chi connectivity index (χ0v) is 28.9. The molecule has 0 aliphatic carbocycles. The Hall–Kier alpha value is 0.160. The van der Waals surface area contributed by atoms with Crippen LogP contribution in [0.1, 0.15) is 52.6 Å². The number of rotatable bonds is 7. The van der Waals surface area contributed by atoms with Crippen molar-refractivity contribution in [3.63, 3.8) is 0 Å². The summed E-state index contributed by atoms with van der Waals surface area (Å²) in [7, 11) is 0. The van der Waals surface area contributed by atoms with E-state index in [0.717, 1.165) is 0 Å².